The number of methoxy groups -OCH3 is 1. The maximum atomic E-state index is 13.1. The summed E-state index contributed by atoms with van der Waals surface area (Å²) in [5.41, 5.74) is 6.37. The van der Waals surface area contributed by atoms with Gasteiger partial charge < -0.3 is 34.8 Å². The molecule has 1 unspecified atom stereocenters. The molecular weight excluding hydrogens is 542 g/mol. The Bertz CT molecular complexity index is 1140. The summed E-state index contributed by atoms with van der Waals surface area (Å²) in [4.78, 5) is 60.7. The third-order valence-corrected chi connectivity index (χ3v) is 7.25. The highest BCUT2D eigenvalue weighted by atomic mass is 32.2. The first-order chi connectivity index (χ1) is 18.1. The fourth-order valence-electron chi connectivity index (χ4n) is 3.66. The van der Waals surface area contributed by atoms with E-state index in [2.05, 4.69) is 15.5 Å². The van der Waals surface area contributed by atoms with E-state index in [0.29, 0.717) is 11.3 Å². The van der Waals surface area contributed by atoms with Crippen LogP contribution < -0.4 is 11.1 Å². The van der Waals surface area contributed by atoms with Gasteiger partial charge in [-0.25, -0.2) is 14.6 Å². The zero-order valence-corrected chi connectivity index (χ0v) is 23.1. The van der Waals surface area contributed by atoms with E-state index < -0.39 is 41.7 Å². The van der Waals surface area contributed by atoms with Gasteiger partial charge in [0.15, 0.2) is 10.8 Å². The molecule has 2 amide bonds. The molecule has 0 spiro atoms. The van der Waals surface area contributed by atoms with Crippen LogP contribution in [0.4, 0.5) is 9.93 Å². The Morgan fingerprint density at radius 3 is 2.58 bits per heavy atom. The number of carbonyl (C=O) groups excluding carboxylic acids is 4. The molecule has 0 saturated carbocycles. The second-order valence-corrected chi connectivity index (χ2v) is 10.3. The number of ether oxygens (including phenoxy) is 4. The van der Waals surface area contributed by atoms with Gasteiger partial charge in [-0.15, -0.1) is 23.1 Å². The van der Waals surface area contributed by atoms with Gasteiger partial charge in [0.05, 0.1) is 24.0 Å². The van der Waals surface area contributed by atoms with Crippen molar-refractivity contribution in [3.63, 3.8) is 0 Å². The number of nitrogens with two attached hydrogens (primary N) is 1. The number of esters is 1. The molecule has 1 aromatic rings. The van der Waals surface area contributed by atoms with Gasteiger partial charge in [0.2, 0.25) is 12.2 Å². The number of fused-ring (bicyclic) bond motifs is 1. The van der Waals surface area contributed by atoms with Crippen LogP contribution in [-0.2, 0) is 38.2 Å². The summed E-state index contributed by atoms with van der Waals surface area (Å²) in [5, 5.41) is 7.78. The van der Waals surface area contributed by atoms with Crippen molar-refractivity contribution >= 4 is 57.9 Å². The number of amides is 2. The number of carbonyl (C=O) groups is 4. The lowest BCUT2D eigenvalue weighted by molar-refractivity contribution is -0.170. The number of rotatable bonds is 11. The number of thioether (sulfide) groups is 1. The Hall–Kier alpha value is -3.37. The molecule has 1 fully saturated rings. The number of anilines is 1. The third-order valence-electron chi connectivity index (χ3n) is 5.18. The van der Waals surface area contributed by atoms with Crippen molar-refractivity contribution in [2.75, 3.05) is 38.9 Å². The molecule has 38 heavy (non-hydrogen) atoms. The molecule has 0 aliphatic carbocycles. The molecule has 1 aromatic heterocycles. The van der Waals surface area contributed by atoms with Crippen LogP contribution in [0, 0.1) is 5.92 Å². The van der Waals surface area contributed by atoms with Gasteiger partial charge in [-0.3, -0.25) is 14.5 Å². The summed E-state index contributed by atoms with van der Waals surface area (Å²) in [6, 6.07) is 0. The normalized spacial score (nSPS) is 19.9. The number of hydrogen-bond acceptors (Lipinski definition) is 14. The largest absolute Gasteiger partial charge is 0.511 e. The fraction of sp³-hybridized carbons (Fsp3) is 0.545. The predicted molar refractivity (Wildman–Crippen MR) is 137 cm³/mol. The molecule has 3 N–H and O–H groups in total. The number of nitrogens with one attached hydrogen (secondary N) is 1. The summed E-state index contributed by atoms with van der Waals surface area (Å²) in [7, 11) is 2.75. The molecule has 3 heterocycles. The number of oxime groups is 1. The van der Waals surface area contributed by atoms with Crippen molar-refractivity contribution in [2.24, 2.45) is 11.1 Å². The number of nitrogen functional groups attached to an aromatic ring is 1. The maximum absolute atomic E-state index is 13.1. The smallest absolute Gasteiger partial charge is 0.431 e. The monoisotopic (exact) mass is 571 g/mol. The van der Waals surface area contributed by atoms with Crippen molar-refractivity contribution in [2.45, 2.75) is 38.5 Å². The minimum absolute atomic E-state index is 0.0172. The van der Waals surface area contributed by atoms with E-state index in [1.807, 2.05) is 0 Å². The first-order valence-electron chi connectivity index (χ1n) is 11.4. The van der Waals surface area contributed by atoms with Crippen molar-refractivity contribution in [3.05, 3.63) is 22.3 Å². The first kappa shape index (κ1) is 29.2. The lowest BCUT2D eigenvalue weighted by Gasteiger charge is -2.49. The Kier molecular flexibility index (Phi) is 9.93. The lowest BCUT2D eigenvalue weighted by atomic mass is 9.95. The summed E-state index contributed by atoms with van der Waals surface area (Å²) >= 11 is 2.56. The van der Waals surface area contributed by atoms with Crippen LogP contribution in [0.2, 0.25) is 0 Å². The number of nitrogens with zero attached hydrogens (tertiary/aromatic N) is 3. The molecule has 16 heteroatoms. The van der Waals surface area contributed by atoms with E-state index in [9.17, 15) is 19.2 Å². The van der Waals surface area contributed by atoms with Gasteiger partial charge in [-0.05, 0) is 19.4 Å². The second-order valence-electron chi connectivity index (χ2n) is 8.31. The summed E-state index contributed by atoms with van der Waals surface area (Å²) in [6.45, 7) is 4.73. The SMILES string of the molecule is COCC1=C(C(=O)OC(C)OC(=O)OC(C)C)N2C(=O)[C@@H](CNC(=O)/C(=N\OC)c3csc(N)n3)[C@H]2SC1. The van der Waals surface area contributed by atoms with Gasteiger partial charge in [0, 0.05) is 31.7 Å². The van der Waals surface area contributed by atoms with Gasteiger partial charge in [-0.1, -0.05) is 5.16 Å². The lowest BCUT2D eigenvalue weighted by Crippen LogP contribution is -2.64. The van der Waals surface area contributed by atoms with Crippen LogP contribution in [0.3, 0.4) is 0 Å². The summed E-state index contributed by atoms with van der Waals surface area (Å²) in [6.07, 6.45) is -2.66. The Morgan fingerprint density at radius 2 is 1.97 bits per heavy atom. The van der Waals surface area contributed by atoms with Crippen LogP contribution >= 0.6 is 23.1 Å². The molecule has 14 nitrogen and oxygen atoms in total. The van der Waals surface area contributed by atoms with Crippen molar-refractivity contribution in [1.82, 2.24) is 15.2 Å². The van der Waals surface area contributed by atoms with E-state index in [-0.39, 0.29) is 41.3 Å². The van der Waals surface area contributed by atoms with Crippen LogP contribution in [0.5, 0.6) is 0 Å². The highest BCUT2D eigenvalue weighted by Gasteiger charge is 2.53. The van der Waals surface area contributed by atoms with Gasteiger partial charge in [-0.2, -0.15) is 0 Å². The summed E-state index contributed by atoms with van der Waals surface area (Å²) < 4.78 is 20.3. The van der Waals surface area contributed by atoms with E-state index >= 15 is 0 Å². The van der Waals surface area contributed by atoms with Crippen LogP contribution in [-0.4, -0.2) is 90.4 Å². The van der Waals surface area contributed by atoms with Crippen LogP contribution in [0.15, 0.2) is 21.8 Å². The molecule has 0 radical (unpaired) electrons. The highest BCUT2D eigenvalue weighted by Crippen LogP contribution is 2.44. The average molecular weight is 572 g/mol. The van der Waals surface area contributed by atoms with Gasteiger partial charge >= 0.3 is 12.1 Å². The fourth-order valence-corrected chi connectivity index (χ4v) is 5.60. The quantitative estimate of drug-likeness (QED) is 0.127. The molecule has 3 atom stereocenters. The second kappa shape index (κ2) is 12.9. The third kappa shape index (κ3) is 6.73. The molecule has 2 aliphatic rings. The average Bonchev–Trinajstić information content (AvgIpc) is 3.27. The highest BCUT2D eigenvalue weighted by molar-refractivity contribution is 8.00. The molecular formula is C22H29N5O9S2. The minimum Gasteiger partial charge on any atom is -0.431 e. The van der Waals surface area contributed by atoms with E-state index in [0.717, 1.165) is 11.3 Å². The zero-order chi connectivity index (χ0) is 28.0. The molecule has 3 rings (SSSR count). The van der Waals surface area contributed by atoms with E-state index in [1.165, 1.54) is 37.8 Å². The Labute approximate surface area is 226 Å². The number of hydrogen-bond donors (Lipinski definition) is 2. The van der Waals surface area contributed by atoms with Crippen molar-refractivity contribution in [3.8, 4) is 0 Å². The van der Waals surface area contributed by atoms with Crippen LogP contribution in [0.25, 0.3) is 0 Å². The topological polar surface area (TPSA) is 181 Å². The van der Waals surface area contributed by atoms with Gasteiger partial charge in [0.1, 0.15) is 18.5 Å². The standard InChI is InChI=1S/C22H29N5O9S2/c1-10(2)34-22(31)36-11(3)35-20(30)16-12(7-32-4)8-37-19-13(18(29)27(16)19)6-24-17(28)15(26-33-5)14-9-38-21(23)25-14/h9-11,13,19H,6-8H2,1-5H3,(H2,23,25)(H,24,28)/b26-15-/t11?,13-,19-/m1/s1. The number of aromatic nitrogens is 1. The summed E-state index contributed by atoms with van der Waals surface area (Å²) in [5.74, 6) is -2.07. The molecule has 2 aliphatic heterocycles. The zero-order valence-electron chi connectivity index (χ0n) is 21.4. The Morgan fingerprint density at radius 1 is 1.24 bits per heavy atom. The molecule has 0 aromatic carbocycles. The van der Waals surface area contributed by atoms with Crippen molar-refractivity contribution in [1.29, 1.82) is 0 Å². The Balaban J connectivity index is 1.67. The van der Waals surface area contributed by atoms with Gasteiger partial charge in [0.25, 0.3) is 5.91 Å². The predicted octanol–water partition coefficient (Wildman–Crippen LogP) is 1.07. The maximum Gasteiger partial charge on any atom is 0.511 e. The van der Waals surface area contributed by atoms with E-state index in [1.54, 1.807) is 19.2 Å². The van der Waals surface area contributed by atoms with Crippen molar-refractivity contribution < 1.29 is 43.0 Å². The minimum atomic E-state index is -1.26. The molecule has 0 bridgehead atoms. The number of β-lactam (4-membered cyclic amide) rings is 1. The first-order valence-corrected chi connectivity index (χ1v) is 13.3. The molecule has 1 saturated heterocycles. The number of thiazole rings is 1. The van der Waals surface area contributed by atoms with Crippen LogP contribution in [0.1, 0.15) is 26.5 Å². The molecule has 208 valence electrons. The van der Waals surface area contributed by atoms with E-state index in [4.69, 9.17) is 29.5 Å².